The van der Waals surface area contributed by atoms with E-state index in [0.29, 0.717) is 35.0 Å². The fraction of sp³-hybridized carbons (Fsp3) is 0.394. The van der Waals surface area contributed by atoms with Crippen LogP contribution in [0.3, 0.4) is 0 Å². The number of anilines is 4. The average Bonchev–Trinajstić information content (AvgIpc) is 3.44. The maximum Gasteiger partial charge on any atom is 0.247 e. The fourth-order valence-corrected chi connectivity index (χ4v) is 6.34. The van der Waals surface area contributed by atoms with Gasteiger partial charge in [-0.05, 0) is 50.0 Å². The van der Waals surface area contributed by atoms with Crippen LogP contribution >= 0.6 is 0 Å². The number of fused-ring (bicyclic) bond motifs is 1. The summed E-state index contributed by atoms with van der Waals surface area (Å²) in [6, 6.07) is 12.8. The summed E-state index contributed by atoms with van der Waals surface area (Å²) in [6.45, 7) is 7.47. The van der Waals surface area contributed by atoms with E-state index in [1.807, 2.05) is 48.3 Å². The molecule has 2 N–H and O–H groups in total. The standard InChI is InChI=1S/C33H40N8O3/c1-5-33(42)38-27-17-28(37-32-18-26(34-21-35-32)22-6-7-29-23(16-22)20-36-40(29)3)31(43-4)19-30(27)39(2)24-8-12-41(13-9-24)25-10-14-44-15-11-25/h5-7,16-21,24-25H,1,8-15H2,2-4H3,(H,38,42)(H,34,35,37). The van der Waals surface area contributed by atoms with Crippen molar-refractivity contribution >= 4 is 39.7 Å². The van der Waals surface area contributed by atoms with E-state index in [9.17, 15) is 4.79 Å². The van der Waals surface area contributed by atoms with Crippen molar-refractivity contribution in [3.8, 4) is 17.0 Å². The van der Waals surface area contributed by atoms with E-state index < -0.39 is 0 Å². The molecular weight excluding hydrogens is 556 g/mol. The van der Waals surface area contributed by atoms with Crippen LogP contribution in [0.4, 0.5) is 22.9 Å². The molecule has 0 atom stereocenters. The molecule has 4 aromatic rings. The van der Waals surface area contributed by atoms with Crippen molar-refractivity contribution in [2.45, 2.75) is 37.8 Å². The zero-order chi connectivity index (χ0) is 30.6. The zero-order valence-corrected chi connectivity index (χ0v) is 25.6. The number of likely N-dealkylation sites (tertiary alicyclic amines) is 1. The molecule has 0 unspecified atom stereocenters. The Morgan fingerprint density at radius 1 is 1.09 bits per heavy atom. The number of rotatable bonds is 9. The third-order valence-electron chi connectivity index (χ3n) is 8.87. The van der Waals surface area contributed by atoms with Crippen molar-refractivity contribution in [2.24, 2.45) is 7.05 Å². The van der Waals surface area contributed by atoms with Gasteiger partial charge in [-0.15, -0.1) is 0 Å². The van der Waals surface area contributed by atoms with Gasteiger partial charge in [0.25, 0.3) is 0 Å². The summed E-state index contributed by atoms with van der Waals surface area (Å²) < 4.78 is 13.3. The van der Waals surface area contributed by atoms with Gasteiger partial charge in [0.1, 0.15) is 17.9 Å². The number of piperidine rings is 1. The zero-order valence-electron chi connectivity index (χ0n) is 25.6. The van der Waals surface area contributed by atoms with Crippen molar-refractivity contribution in [1.29, 1.82) is 0 Å². The van der Waals surface area contributed by atoms with Crippen LogP contribution in [0, 0.1) is 0 Å². The predicted molar refractivity (Wildman–Crippen MR) is 174 cm³/mol. The number of carbonyl (C=O) groups is 1. The second kappa shape index (κ2) is 13.0. The maximum atomic E-state index is 12.5. The number of aromatic nitrogens is 4. The molecule has 1 amide bonds. The normalized spacial score (nSPS) is 16.5. The average molecular weight is 597 g/mol. The minimum Gasteiger partial charge on any atom is -0.494 e. The minimum atomic E-state index is -0.278. The van der Waals surface area contributed by atoms with E-state index >= 15 is 0 Å². The van der Waals surface area contributed by atoms with Gasteiger partial charge in [-0.25, -0.2) is 9.97 Å². The van der Waals surface area contributed by atoms with Gasteiger partial charge in [0.05, 0.1) is 41.6 Å². The van der Waals surface area contributed by atoms with Crippen LogP contribution < -0.4 is 20.3 Å². The third-order valence-corrected chi connectivity index (χ3v) is 8.87. The molecule has 11 heteroatoms. The third kappa shape index (κ3) is 6.24. The second-order valence-electron chi connectivity index (χ2n) is 11.4. The van der Waals surface area contributed by atoms with Crippen LogP contribution in [0.15, 0.2) is 61.6 Å². The molecule has 0 spiro atoms. The number of aryl methyl sites for hydroxylation is 1. The van der Waals surface area contributed by atoms with Crippen molar-refractivity contribution in [1.82, 2.24) is 24.6 Å². The number of nitrogens with zero attached hydrogens (tertiary/aromatic N) is 6. The molecule has 11 nitrogen and oxygen atoms in total. The Labute approximate surface area is 257 Å². The molecule has 230 valence electrons. The highest BCUT2D eigenvalue weighted by molar-refractivity contribution is 6.02. The van der Waals surface area contributed by atoms with Crippen LogP contribution in [0.2, 0.25) is 0 Å². The molecule has 2 saturated heterocycles. The van der Waals surface area contributed by atoms with Gasteiger partial charge < -0.3 is 29.9 Å². The van der Waals surface area contributed by atoms with Crippen LogP contribution in [-0.4, -0.2) is 83.1 Å². The monoisotopic (exact) mass is 596 g/mol. The molecule has 44 heavy (non-hydrogen) atoms. The Morgan fingerprint density at radius 3 is 2.64 bits per heavy atom. The topological polar surface area (TPSA) is 110 Å². The summed E-state index contributed by atoms with van der Waals surface area (Å²) in [7, 11) is 5.66. The molecule has 0 radical (unpaired) electrons. The molecule has 4 heterocycles. The molecule has 2 fully saturated rings. The summed E-state index contributed by atoms with van der Waals surface area (Å²) in [4.78, 5) is 26.4. The number of ether oxygens (including phenoxy) is 2. The SMILES string of the molecule is C=CC(=O)Nc1cc(Nc2cc(-c3ccc4c(cnn4C)c3)ncn2)c(OC)cc1N(C)C1CCN(C2CCOCC2)CC1. The summed E-state index contributed by atoms with van der Waals surface area (Å²) in [5.74, 6) is 0.961. The summed E-state index contributed by atoms with van der Waals surface area (Å²) in [5, 5.41) is 11.8. The van der Waals surface area contributed by atoms with Gasteiger partial charge in [0, 0.05) is 75.6 Å². The molecule has 0 saturated carbocycles. The first-order chi connectivity index (χ1) is 21.4. The molecule has 2 aliphatic rings. The van der Waals surface area contributed by atoms with E-state index in [2.05, 4.69) is 55.2 Å². The highest BCUT2D eigenvalue weighted by Gasteiger charge is 2.29. The van der Waals surface area contributed by atoms with Crippen molar-refractivity contribution in [2.75, 3.05) is 56.0 Å². The molecule has 0 bridgehead atoms. The van der Waals surface area contributed by atoms with Gasteiger partial charge in [-0.1, -0.05) is 12.6 Å². The molecule has 2 aromatic heterocycles. The van der Waals surface area contributed by atoms with E-state index in [0.717, 1.165) is 79.8 Å². The molecule has 6 rings (SSSR count). The first-order valence-corrected chi connectivity index (χ1v) is 15.1. The van der Waals surface area contributed by atoms with Crippen molar-refractivity contribution < 1.29 is 14.3 Å². The van der Waals surface area contributed by atoms with Gasteiger partial charge in [0.2, 0.25) is 5.91 Å². The quantitative estimate of drug-likeness (QED) is 0.258. The van der Waals surface area contributed by atoms with Crippen molar-refractivity contribution in [3.05, 3.63) is 61.6 Å². The lowest BCUT2D eigenvalue weighted by molar-refractivity contribution is -0.111. The predicted octanol–water partition coefficient (Wildman–Crippen LogP) is 4.99. The van der Waals surface area contributed by atoms with E-state index in [1.54, 1.807) is 7.11 Å². The van der Waals surface area contributed by atoms with Crippen LogP contribution in [-0.2, 0) is 16.6 Å². The highest BCUT2D eigenvalue weighted by Crippen LogP contribution is 2.40. The minimum absolute atomic E-state index is 0.278. The Balaban J connectivity index is 1.25. The van der Waals surface area contributed by atoms with Crippen molar-refractivity contribution in [3.63, 3.8) is 0 Å². The summed E-state index contributed by atoms with van der Waals surface area (Å²) in [5.41, 5.74) is 5.02. The largest absolute Gasteiger partial charge is 0.494 e. The fourth-order valence-electron chi connectivity index (χ4n) is 6.34. The first kappa shape index (κ1) is 29.6. The highest BCUT2D eigenvalue weighted by atomic mass is 16.5. The van der Waals surface area contributed by atoms with Gasteiger partial charge in [0.15, 0.2) is 0 Å². The van der Waals surface area contributed by atoms with E-state index in [-0.39, 0.29) is 5.91 Å². The van der Waals surface area contributed by atoms with E-state index in [1.165, 1.54) is 12.4 Å². The Hall–Kier alpha value is -4.48. The number of benzene rings is 2. The number of hydrogen-bond acceptors (Lipinski definition) is 9. The smallest absolute Gasteiger partial charge is 0.247 e. The number of hydrogen-bond donors (Lipinski definition) is 2. The van der Waals surface area contributed by atoms with Crippen LogP contribution in [0.25, 0.3) is 22.2 Å². The van der Waals surface area contributed by atoms with Crippen LogP contribution in [0.5, 0.6) is 5.75 Å². The number of nitrogens with one attached hydrogen (secondary N) is 2. The number of methoxy groups -OCH3 is 1. The van der Waals surface area contributed by atoms with Crippen LogP contribution in [0.1, 0.15) is 25.7 Å². The Kier molecular flexibility index (Phi) is 8.76. The lowest BCUT2D eigenvalue weighted by atomic mass is 9.98. The Bertz CT molecular complexity index is 1640. The molecule has 2 aromatic carbocycles. The molecule has 2 aliphatic heterocycles. The summed E-state index contributed by atoms with van der Waals surface area (Å²) in [6.07, 6.45) is 8.96. The second-order valence-corrected chi connectivity index (χ2v) is 11.4. The first-order valence-electron chi connectivity index (χ1n) is 15.1. The maximum absolute atomic E-state index is 12.5. The van der Waals surface area contributed by atoms with Gasteiger partial charge >= 0.3 is 0 Å². The van der Waals surface area contributed by atoms with Gasteiger partial charge in [-0.3, -0.25) is 9.48 Å². The number of carbonyl (C=O) groups excluding carboxylic acids is 1. The lowest BCUT2D eigenvalue weighted by Gasteiger charge is -2.42. The molecular formula is C33H40N8O3. The number of amides is 1. The lowest BCUT2D eigenvalue weighted by Crippen LogP contribution is -2.48. The molecule has 0 aliphatic carbocycles. The summed E-state index contributed by atoms with van der Waals surface area (Å²) >= 11 is 0. The Morgan fingerprint density at radius 2 is 1.89 bits per heavy atom. The van der Waals surface area contributed by atoms with Gasteiger partial charge in [-0.2, -0.15) is 5.10 Å². The van der Waals surface area contributed by atoms with E-state index in [4.69, 9.17) is 9.47 Å².